The number of nitrogens with zero attached hydrogens (tertiary/aromatic N) is 2. The van der Waals surface area contributed by atoms with Gasteiger partial charge < -0.3 is 26.0 Å². The Bertz CT molecular complexity index is 956. The smallest absolute Gasteiger partial charge is 0.222 e. The maximum absolute atomic E-state index is 9.56. The summed E-state index contributed by atoms with van der Waals surface area (Å²) in [6.45, 7) is 4.12. The number of hydrogen-bond donors (Lipinski definition) is 3. The van der Waals surface area contributed by atoms with Crippen molar-refractivity contribution < 1.29 is 14.6 Å². The number of anilines is 2. The molecule has 140 valence electrons. The van der Waals surface area contributed by atoms with Gasteiger partial charge in [0.25, 0.3) is 0 Å². The van der Waals surface area contributed by atoms with Crippen molar-refractivity contribution in [2.75, 3.05) is 18.6 Å². The number of nitrogens with two attached hydrogens (primary N) is 2. The van der Waals surface area contributed by atoms with E-state index in [2.05, 4.69) is 23.8 Å². The number of hydrogen-bond acceptors (Lipinski definition) is 7. The molecular weight excluding hydrogens is 344 g/mol. The largest absolute Gasteiger partial charge is 0.508 e. The van der Waals surface area contributed by atoms with E-state index >= 15 is 0 Å². The van der Waals surface area contributed by atoms with Gasteiger partial charge in [0.15, 0.2) is 11.6 Å². The van der Waals surface area contributed by atoms with Gasteiger partial charge in [-0.25, -0.2) is 4.98 Å². The molecule has 0 amide bonds. The lowest BCUT2D eigenvalue weighted by Gasteiger charge is -2.19. The van der Waals surface area contributed by atoms with Crippen molar-refractivity contribution in [3.05, 3.63) is 48.2 Å². The van der Waals surface area contributed by atoms with Gasteiger partial charge in [-0.15, -0.1) is 0 Å². The summed E-state index contributed by atoms with van der Waals surface area (Å²) in [5.74, 6) is 2.28. The Morgan fingerprint density at radius 2 is 1.70 bits per heavy atom. The molecular formula is C20H22N4O3. The Balaban J connectivity index is 2.13. The zero-order valence-electron chi connectivity index (χ0n) is 15.4. The first-order valence-electron chi connectivity index (χ1n) is 8.46. The monoisotopic (exact) mass is 366 g/mol. The van der Waals surface area contributed by atoms with Gasteiger partial charge >= 0.3 is 0 Å². The molecule has 0 atom stereocenters. The van der Waals surface area contributed by atoms with Crippen LogP contribution in [0.25, 0.3) is 11.1 Å². The molecule has 0 radical (unpaired) electrons. The standard InChI is InChI=1S/C20H22N4O3/c1-11(2)14-8-16(26-3)15(12-4-6-13(25)7-5-12)9-17(14)27-18-10-23-20(22)24-19(18)21/h4-11,25H,1-3H3,(H4,21,22,23,24). The predicted octanol–water partition coefficient (Wildman–Crippen LogP) is 3.94. The number of phenolic OH excluding ortho intramolecular Hbond substituents is 1. The summed E-state index contributed by atoms with van der Waals surface area (Å²) in [5.41, 5.74) is 14.1. The van der Waals surface area contributed by atoms with E-state index in [0.717, 1.165) is 16.7 Å². The van der Waals surface area contributed by atoms with Gasteiger partial charge in [-0.2, -0.15) is 4.98 Å². The molecule has 2 aromatic carbocycles. The van der Waals surface area contributed by atoms with E-state index in [1.807, 2.05) is 24.3 Å². The van der Waals surface area contributed by atoms with Crippen LogP contribution in [-0.4, -0.2) is 22.2 Å². The van der Waals surface area contributed by atoms with Gasteiger partial charge in [-0.3, -0.25) is 0 Å². The quantitative estimate of drug-likeness (QED) is 0.626. The molecule has 1 heterocycles. The normalized spacial score (nSPS) is 10.8. The van der Waals surface area contributed by atoms with Crippen molar-refractivity contribution >= 4 is 11.8 Å². The van der Waals surface area contributed by atoms with Gasteiger partial charge in [0.1, 0.15) is 17.2 Å². The number of methoxy groups -OCH3 is 1. The molecule has 3 aromatic rings. The van der Waals surface area contributed by atoms with Gasteiger partial charge in [0.05, 0.1) is 13.3 Å². The van der Waals surface area contributed by atoms with Crippen molar-refractivity contribution in [3.8, 4) is 34.1 Å². The van der Waals surface area contributed by atoms with Crippen LogP contribution in [0.2, 0.25) is 0 Å². The molecule has 5 N–H and O–H groups in total. The highest BCUT2D eigenvalue weighted by atomic mass is 16.5. The fourth-order valence-electron chi connectivity index (χ4n) is 2.75. The van der Waals surface area contributed by atoms with Crippen LogP contribution in [0.5, 0.6) is 23.0 Å². The second kappa shape index (κ2) is 7.41. The second-order valence-electron chi connectivity index (χ2n) is 6.37. The number of benzene rings is 2. The zero-order chi connectivity index (χ0) is 19.6. The van der Waals surface area contributed by atoms with Crippen molar-refractivity contribution in [1.29, 1.82) is 0 Å². The highest BCUT2D eigenvalue weighted by Crippen LogP contribution is 2.41. The summed E-state index contributed by atoms with van der Waals surface area (Å²) in [6, 6.07) is 10.7. The fraction of sp³-hybridized carbons (Fsp3) is 0.200. The molecule has 27 heavy (non-hydrogen) atoms. The Kier molecular flexibility index (Phi) is 5.03. The first-order chi connectivity index (χ1) is 12.9. The molecule has 1 aromatic heterocycles. The highest BCUT2D eigenvalue weighted by Gasteiger charge is 2.17. The molecule has 0 aliphatic rings. The van der Waals surface area contributed by atoms with Crippen molar-refractivity contribution in [1.82, 2.24) is 9.97 Å². The van der Waals surface area contributed by atoms with Crippen LogP contribution in [0.15, 0.2) is 42.6 Å². The van der Waals surface area contributed by atoms with Crippen LogP contribution in [0.4, 0.5) is 11.8 Å². The van der Waals surface area contributed by atoms with Crippen LogP contribution in [-0.2, 0) is 0 Å². The van der Waals surface area contributed by atoms with E-state index in [1.165, 1.54) is 6.20 Å². The molecule has 3 rings (SSSR count). The van der Waals surface area contributed by atoms with E-state index in [4.69, 9.17) is 20.9 Å². The van der Waals surface area contributed by atoms with E-state index < -0.39 is 0 Å². The molecule has 0 saturated carbocycles. The third-order valence-electron chi connectivity index (χ3n) is 4.15. The molecule has 0 saturated heterocycles. The Morgan fingerprint density at radius 1 is 1.00 bits per heavy atom. The van der Waals surface area contributed by atoms with E-state index in [1.54, 1.807) is 19.2 Å². The molecule has 7 heteroatoms. The van der Waals surface area contributed by atoms with Crippen LogP contribution in [0, 0.1) is 0 Å². The summed E-state index contributed by atoms with van der Waals surface area (Å²) in [4.78, 5) is 7.88. The maximum Gasteiger partial charge on any atom is 0.222 e. The lowest BCUT2D eigenvalue weighted by Crippen LogP contribution is -2.03. The van der Waals surface area contributed by atoms with Crippen molar-refractivity contribution in [3.63, 3.8) is 0 Å². The maximum atomic E-state index is 9.56. The molecule has 7 nitrogen and oxygen atoms in total. The highest BCUT2D eigenvalue weighted by molar-refractivity contribution is 5.74. The topological polar surface area (TPSA) is 117 Å². The fourth-order valence-corrected chi connectivity index (χ4v) is 2.75. The van der Waals surface area contributed by atoms with Crippen molar-refractivity contribution in [2.45, 2.75) is 19.8 Å². The Morgan fingerprint density at radius 3 is 2.30 bits per heavy atom. The first-order valence-corrected chi connectivity index (χ1v) is 8.46. The molecule has 0 aliphatic heterocycles. The number of ether oxygens (including phenoxy) is 2. The first kappa shape index (κ1) is 18.3. The van der Waals surface area contributed by atoms with Gasteiger partial charge in [-0.05, 0) is 35.7 Å². The molecule has 0 spiro atoms. The number of nitrogen functional groups attached to an aromatic ring is 2. The second-order valence-corrected chi connectivity index (χ2v) is 6.37. The van der Waals surface area contributed by atoms with Crippen LogP contribution in [0.1, 0.15) is 25.3 Å². The van der Waals surface area contributed by atoms with Gasteiger partial charge in [-0.1, -0.05) is 26.0 Å². The van der Waals surface area contributed by atoms with Crippen LogP contribution >= 0.6 is 0 Å². The van der Waals surface area contributed by atoms with Gasteiger partial charge in [0.2, 0.25) is 5.95 Å². The van der Waals surface area contributed by atoms with E-state index in [9.17, 15) is 5.11 Å². The lowest BCUT2D eigenvalue weighted by molar-refractivity contribution is 0.412. The molecule has 0 bridgehead atoms. The van der Waals surface area contributed by atoms with Gasteiger partial charge in [0, 0.05) is 11.1 Å². The third kappa shape index (κ3) is 3.87. The minimum Gasteiger partial charge on any atom is -0.508 e. The average molecular weight is 366 g/mol. The summed E-state index contributed by atoms with van der Waals surface area (Å²) in [6.07, 6.45) is 1.45. The molecule has 0 fully saturated rings. The molecule has 0 unspecified atom stereocenters. The van der Waals surface area contributed by atoms with Crippen LogP contribution < -0.4 is 20.9 Å². The summed E-state index contributed by atoms with van der Waals surface area (Å²) >= 11 is 0. The minimum atomic E-state index is 0.0865. The SMILES string of the molecule is COc1cc(C(C)C)c(Oc2cnc(N)nc2N)cc1-c1ccc(O)cc1. The van der Waals surface area contributed by atoms with Crippen LogP contribution in [0.3, 0.4) is 0 Å². The van der Waals surface area contributed by atoms with E-state index in [-0.39, 0.29) is 23.4 Å². The Hall–Kier alpha value is -3.48. The Labute approximate surface area is 157 Å². The number of phenols is 1. The predicted molar refractivity (Wildman–Crippen MR) is 105 cm³/mol. The average Bonchev–Trinajstić information content (AvgIpc) is 2.64. The lowest BCUT2D eigenvalue weighted by atomic mass is 9.96. The molecule has 0 aliphatic carbocycles. The summed E-state index contributed by atoms with van der Waals surface area (Å²) in [5, 5.41) is 9.56. The summed E-state index contributed by atoms with van der Waals surface area (Å²) in [7, 11) is 1.62. The zero-order valence-corrected chi connectivity index (χ0v) is 15.4. The number of aromatic nitrogens is 2. The van der Waals surface area contributed by atoms with Crippen molar-refractivity contribution in [2.24, 2.45) is 0 Å². The minimum absolute atomic E-state index is 0.0865. The van der Waals surface area contributed by atoms with E-state index in [0.29, 0.717) is 17.2 Å². The summed E-state index contributed by atoms with van der Waals surface area (Å²) < 4.78 is 11.6. The third-order valence-corrected chi connectivity index (χ3v) is 4.15. The number of rotatable bonds is 5. The number of aromatic hydroxyl groups is 1.